The summed E-state index contributed by atoms with van der Waals surface area (Å²) in [6.45, 7) is 6.77. The molecule has 1 aliphatic heterocycles. The van der Waals surface area contributed by atoms with Crippen LogP contribution in [0.25, 0.3) is 0 Å². The summed E-state index contributed by atoms with van der Waals surface area (Å²) in [5, 5.41) is 0.979. The van der Waals surface area contributed by atoms with E-state index in [0.717, 1.165) is 18.2 Å². The molecular weight excluding hydrogens is 363 g/mol. The first-order chi connectivity index (χ1) is 11.6. The van der Waals surface area contributed by atoms with E-state index in [4.69, 9.17) is 4.74 Å². The molecule has 3 fully saturated rings. The Morgan fingerprint density at radius 1 is 1.33 bits per heavy atom. The summed E-state index contributed by atoms with van der Waals surface area (Å²) in [5.74, 6) is 1.18. The number of hydrogen-bond donors (Lipinski definition) is 0. The number of benzene rings is 1. The Kier molecular flexibility index (Phi) is 4.34. The number of fused-ring (bicyclic) bond motifs is 2. The van der Waals surface area contributed by atoms with E-state index in [9.17, 15) is 4.79 Å². The second-order valence-electron chi connectivity index (χ2n) is 8.03. The normalized spacial score (nSPS) is 38.4. The van der Waals surface area contributed by atoms with Crippen LogP contribution in [0.2, 0.25) is 5.32 Å². The average molecular weight is 389 g/mol. The number of esters is 1. The molecule has 1 aromatic rings. The molecule has 0 spiro atoms. The van der Waals surface area contributed by atoms with Crippen molar-refractivity contribution in [2.24, 2.45) is 23.2 Å². The molecule has 0 aromatic heterocycles. The van der Waals surface area contributed by atoms with Gasteiger partial charge in [0.1, 0.15) is 0 Å². The zero-order chi connectivity index (χ0) is 16.7. The standard InChI is InChI=1S/C21H26O2Se/c1-14-7-6-10-21(2)12-19-16(11-18(14)21)17(20(22)23-19)13-24-15-8-4-3-5-9-15/h3-5,8-9,16-19H,1,6-7,10-13H2,2H3/t16-,17-,18?,19-,21-/m1/s1. The molecular formula is C21H26O2Se. The fourth-order valence-electron chi connectivity index (χ4n) is 5.15. The van der Waals surface area contributed by atoms with Gasteiger partial charge in [-0.25, -0.2) is 0 Å². The Labute approximate surface area is 151 Å². The molecule has 5 atom stereocenters. The first-order valence-electron chi connectivity index (χ1n) is 9.13. The summed E-state index contributed by atoms with van der Waals surface area (Å²) < 4.78 is 7.24. The number of carbonyl (C=O) groups is 1. The van der Waals surface area contributed by atoms with Gasteiger partial charge < -0.3 is 0 Å². The van der Waals surface area contributed by atoms with Gasteiger partial charge in [-0.15, -0.1) is 0 Å². The Morgan fingerprint density at radius 3 is 2.92 bits per heavy atom. The average Bonchev–Trinajstić information content (AvgIpc) is 2.86. The van der Waals surface area contributed by atoms with Crippen LogP contribution in [-0.4, -0.2) is 27.0 Å². The third-order valence-corrected chi connectivity index (χ3v) is 8.87. The van der Waals surface area contributed by atoms with Gasteiger partial charge in [0.2, 0.25) is 0 Å². The summed E-state index contributed by atoms with van der Waals surface area (Å²) in [4.78, 5) is 12.5. The van der Waals surface area contributed by atoms with Crippen molar-refractivity contribution in [3.63, 3.8) is 0 Å². The van der Waals surface area contributed by atoms with Crippen molar-refractivity contribution in [1.82, 2.24) is 0 Å². The van der Waals surface area contributed by atoms with Crippen molar-refractivity contribution in [3.8, 4) is 0 Å². The van der Waals surface area contributed by atoms with Gasteiger partial charge >= 0.3 is 151 Å². The third-order valence-electron chi connectivity index (χ3n) is 6.49. The molecule has 128 valence electrons. The first-order valence-corrected chi connectivity index (χ1v) is 11.2. The van der Waals surface area contributed by atoms with Crippen LogP contribution in [0.15, 0.2) is 42.5 Å². The Balaban J connectivity index is 1.49. The Bertz CT molecular complexity index is 640. The first kappa shape index (κ1) is 16.4. The molecule has 4 rings (SSSR count). The van der Waals surface area contributed by atoms with Crippen LogP contribution in [-0.2, 0) is 9.53 Å². The topological polar surface area (TPSA) is 26.3 Å². The molecule has 0 bridgehead atoms. The van der Waals surface area contributed by atoms with E-state index in [0.29, 0.717) is 32.2 Å². The van der Waals surface area contributed by atoms with E-state index in [1.807, 2.05) is 0 Å². The second kappa shape index (κ2) is 6.35. The van der Waals surface area contributed by atoms with Gasteiger partial charge in [-0.3, -0.25) is 0 Å². The molecule has 24 heavy (non-hydrogen) atoms. The van der Waals surface area contributed by atoms with E-state index < -0.39 is 0 Å². The predicted octanol–water partition coefficient (Wildman–Crippen LogP) is 3.75. The van der Waals surface area contributed by atoms with Crippen molar-refractivity contribution in [2.45, 2.75) is 50.5 Å². The van der Waals surface area contributed by atoms with Crippen LogP contribution in [0.1, 0.15) is 39.0 Å². The predicted molar refractivity (Wildman–Crippen MR) is 97.3 cm³/mol. The van der Waals surface area contributed by atoms with Gasteiger partial charge in [0.25, 0.3) is 0 Å². The van der Waals surface area contributed by atoms with E-state index >= 15 is 0 Å². The molecule has 2 nitrogen and oxygen atoms in total. The zero-order valence-corrected chi connectivity index (χ0v) is 16.1. The number of allylic oxidation sites excluding steroid dienone is 1. The summed E-state index contributed by atoms with van der Waals surface area (Å²) in [6.07, 6.45) is 5.99. The summed E-state index contributed by atoms with van der Waals surface area (Å²) in [6, 6.07) is 10.6. The van der Waals surface area contributed by atoms with Gasteiger partial charge in [0.05, 0.1) is 0 Å². The molecule has 2 aliphatic carbocycles. The van der Waals surface area contributed by atoms with Crippen LogP contribution in [0.5, 0.6) is 0 Å². The van der Waals surface area contributed by atoms with Crippen LogP contribution < -0.4 is 4.46 Å². The van der Waals surface area contributed by atoms with Crippen LogP contribution in [0.3, 0.4) is 0 Å². The zero-order valence-electron chi connectivity index (χ0n) is 14.4. The van der Waals surface area contributed by atoms with Crippen LogP contribution in [0, 0.1) is 23.2 Å². The maximum absolute atomic E-state index is 12.5. The van der Waals surface area contributed by atoms with Crippen LogP contribution >= 0.6 is 0 Å². The minimum atomic E-state index is 0.0654. The van der Waals surface area contributed by atoms with Crippen LogP contribution in [0.4, 0.5) is 0 Å². The SMILES string of the molecule is C=C1CCC[C@]2(C)C[C@H]3OC(=O)[C@H](C[Se]c4ccccc4)[C@H]3CC12. The van der Waals surface area contributed by atoms with E-state index in [1.165, 1.54) is 29.3 Å². The van der Waals surface area contributed by atoms with Crippen molar-refractivity contribution in [3.05, 3.63) is 42.5 Å². The summed E-state index contributed by atoms with van der Waals surface area (Å²) in [7, 11) is 0. The molecule has 0 N–H and O–H groups in total. The Hall–Kier alpha value is -1.05. The molecule has 0 amide bonds. The molecule has 1 aromatic carbocycles. The van der Waals surface area contributed by atoms with Gasteiger partial charge in [0.15, 0.2) is 0 Å². The summed E-state index contributed by atoms with van der Waals surface area (Å²) in [5.41, 5.74) is 1.73. The molecule has 0 radical (unpaired) electrons. The number of carbonyl (C=O) groups excluding carboxylic acids is 1. The van der Waals surface area contributed by atoms with E-state index in [1.54, 1.807) is 0 Å². The molecule has 3 heteroatoms. The fraction of sp³-hybridized carbons (Fsp3) is 0.571. The van der Waals surface area contributed by atoms with Gasteiger partial charge in [-0.05, 0) is 0 Å². The van der Waals surface area contributed by atoms with Crippen molar-refractivity contribution in [1.29, 1.82) is 0 Å². The van der Waals surface area contributed by atoms with Gasteiger partial charge in [-0.1, -0.05) is 0 Å². The molecule has 3 aliphatic rings. The van der Waals surface area contributed by atoms with Gasteiger partial charge in [0, 0.05) is 0 Å². The third kappa shape index (κ3) is 2.86. The quantitative estimate of drug-likeness (QED) is 0.447. The van der Waals surface area contributed by atoms with Crippen molar-refractivity contribution >= 4 is 25.4 Å². The molecule has 1 heterocycles. The number of ether oxygens (including phenoxy) is 1. The van der Waals surface area contributed by atoms with E-state index in [-0.39, 0.29) is 18.0 Å². The molecule has 2 saturated carbocycles. The monoisotopic (exact) mass is 390 g/mol. The Morgan fingerprint density at radius 2 is 2.12 bits per heavy atom. The van der Waals surface area contributed by atoms with Crippen molar-refractivity contribution in [2.75, 3.05) is 0 Å². The number of rotatable bonds is 3. The minimum absolute atomic E-state index is 0.0654. The molecule has 1 saturated heterocycles. The molecule has 1 unspecified atom stereocenters. The van der Waals surface area contributed by atoms with Crippen molar-refractivity contribution < 1.29 is 9.53 Å². The summed E-state index contributed by atoms with van der Waals surface area (Å²) >= 11 is 0.351. The van der Waals surface area contributed by atoms with E-state index in [2.05, 4.69) is 43.8 Å². The van der Waals surface area contributed by atoms with Gasteiger partial charge in [-0.2, -0.15) is 0 Å². The number of hydrogen-bond acceptors (Lipinski definition) is 2. The maximum atomic E-state index is 12.5. The fourth-order valence-corrected chi connectivity index (χ4v) is 7.47. The second-order valence-corrected chi connectivity index (χ2v) is 10.3.